The first kappa shape index (κ1) is 29.3. The summed E-state index contributed by atoms with van der Waals surface area (Å²) in [4.78, 5) is 24.4. The molecule has 0 spiro atoms. The zero-order chi connectivity index (χ0) is 33.3. The second-order valence-electron chi connectivity index (χ2n) is 12.2. The Morgan fingerprint density at radius 2 is 0.760 bits per heavy atom. The highest BCUT2D eigenvalue weighted by Crippen LogP contribution is 2.31. The van der Waals surface area contributed by atoms with E-state index in [1.807, 2.05) is 72.8 Å². The first-order chi connectivity index (χ1) is 24.7. The lowest BCUT2D eigenvalue weighted by Crippen LogP contribution is -1.96. The molecule has 5 heteroatoms. The second-order valence-corrected chi connectivity index (χ2v) is 12.2. The summed E-state index contributed by atoms with van der Waals surface area (Å²) in [6.45, 7) is 0. The lowest BCUT2D eigenvalue weighted by molar-refractivity contribution is 1.18. The summed E-state index contributed by atoms with van der Waals surface area (Å²) in [6.07, 6.45) is 1.80. The van der Waals surface area contributed by atoms with Gasteiger partial charge in [0.15, 0.2) is 5.82 Å². The summed E-state index contributed by atoms with van der Waals surface area (Å²) in [7, 11) is 0. The molecular weight excluding hydrogens is 611 g/mol. The van der Waals surface area contributed by atoms with Gasteiger partial charge in [-0.25, -0.2) is 19.9 Å². The largest absolute Gasteiger partial charge is 0.255 e. The number of rotatable bonds is 6. The van der Waals surface area contributed by atoms with Crippen molar-refractivity contribution in [1.82, 2.24) is 24.9 Å². The molecule has 0 amide bonds. The molecule has 234 valence electrons. The summed E-state index contributed by atoms with van der Waals surface area (Å²) in [5.41, 5.74) is 12.6. The average molecular weight is 640 g/mol. The van der Waals surface area contributed by atoms with E-state index in [1.165, 1.54) is 0 Å². The van der Waals surface area contributed by atoms with Crippen LogP contribution in [0, 0.1) is 0 Å². The van der Waals surface area contributed by atoms with E-state index >= 15 is 0 Å². The summed E-state index contributed by atoms with van der Waals surface area (Å²) in [5.74, 6) is 0.703. The van der Waals surface area contributed by atoms with Crippen LogP contribution in [0.15, 0.2) is 176 Å². The van der Waals surface area contributed by atoms with Gasteiger partial charge in [-0.2, -0.15) is 0 Å². The van der Waals surface area contributed by atoms with Gasteiger partial charge in [0.25, 0.3) is 0 Å². The summed E-state index contributed by atoms with van der Waals surface area (Å²) in [5, 5.41) is 2.18. The number of nitrogens with zero attached hydrogens (tertiary/aromatic N) is 5. The predicted octanol–water partition coefficient (Wildman–Crippen LogP) is 11.0. The molecule has 9 aromatic rings. The first-order valence-corrected chi connectivity index (χ1v) is 16.6. The molecule has 5 aromatic carbocycles. The molecule has 0 saturated heterocycles. The summed E-state index contributed by atoms with van der Waals surface area (Å²) in [6, 6.07) is 58.0. The maximum absolute atomic E-state index is 5.11. The third-order valence-electron chi connectivity index (χ3n) is 8.95. The van der Waals surface area contributed by atoms with Crippen LogP contribution in [-0.4, -0.2) is 24.9 Å². The van der Waals surface area contributed by atoms with E-state index in [9.17, 15) is 0 Å². The minimum Gasteiger partial charge on any atom is -0.255 e. The number of hydrogen-bond donors (Lipinski definition) is 0. The molecule has 0 fully saturated rings. The predicted molar refractivity (Wildman–Crippen MR) is 203 cm³/mol. The van der Waals surface area contributed by atoms with Crippen molar-refractivity contribution in [2.24, 2.45) is 0 Å². The van der Waals surface area contributed by atoms with Gasteiger partial charge in [-0.3, -0.25) is 4.98 Å². The molecule has 0 bridgehead atoms. The number of hydrogen-bond acceptors (Lipinski definition) is 5. The van der Waals surface area contributed by atoms with Crippen molar-refractivity contribution >= 4 is 21.8 Å². The summed E-state index contributed by atoms with van der Waals surface area (Å²) >= 11 is 0. The molecule has 0 N–H and O–H groups in total. The third-order valence-corrected chi connectivity index (χ3v) is 8.95. The highest BCUT2D eigenvalue weighted by molar-refractivity contribution is 5.90. The van der Waals surface area contributed by atoms with Crippen LogP contribution >= 0.6 is 0 Å². The van der Waals surface area contributed by atoms with Crippen molar-refractivity contribution in [1.29, 1.82) is 0 Å². The fraction of sp³-hybridized carbons (Fsp3) is 0. The van der Waals surface area contributed by atoms with Crippen molar-refractivity contribution < 1.29 is 0 Å². The Morgan fingerprint density at radius 3 is 1.36 bits per heavy atom. The smallest absolute Gasteiger partial charge is 0.160 e. The minimum absolute atomic E-state index is 0.703. The average Bonchev–Trinajstić information content (AvgIpc) is 3.21. The lowest BCUT2D eigenvalue weighted by atomic mass is 10.0. The molecule has 4 heterocycles. The molecule has 50 heavy (non-hydrogen) atoms. The molecule has 0 aliphatic carbocycles. The molecule has 0 saturated carbocycles. The molecule has 0 atom stereocenters. The highest BCUT2D eigenvalue weighted by atomic mass is 14.9. The van der Waals surface area contributed by atoms with Gasteiger partial charge in [0.1, 0.15) is 0 Å². The number of pyridine rings is 3. The van der Waals surface area contributed by atoms with Crippen LogP contribution in [0.1, 0.15) is 0 Å². The van der Waals surface area contributed by atoms with Crippen LogP contribution in [0.5, 0.6) is 0 Å². The van der Waals surface area contributed by atoms with Gasteiger partial charge in [-0.1, -0.05) is 127 Å². The molecule has 0 aliphatic heterocycles. The van der Waals surface area contributed by atoms with Gasteiger partial charge in [-0.05, 0) is 53.6 Å². The maximum atomic E-state index is 5.11. The molecule has 9 rings (SSSR count). The third kappa shape index (κ3) is 5.78. The van der Waals surface area contributed by atoms with Crippen LogP contribution in [0.2, 0.25) is 0 Å². The normalized spacial score (nSPS) is 11.2. The highest BCUT2D eigenvalue weighted by Gasteiger charge is 2.12. The molecule has 0 unspecified atom stereocenters. The van der Waals surface area contributed by atoms with Gasteiger partial charge < -0.3 is 0 Å². The fourth-order valence-corrected chi connectivity index (χ4v) is 6.29. The number of aromatic nitrogens is 5. The maximum Gasteiger partial charge on any atom is 0.160 e. The zero-order valence-electron chi connectivity index (χ0n) is 27.0. The van der Waals surface area contributed by atoms with Crippen LogP contribution < -0.4 is 0 Å². The number of benzene rings is 5. The molecule has 0 radical (unpaired) electrons. The Morgan fingerprint density at radius 1 is 0.280 bits per heavy atom. The van der Waals surface area contributed by atoms with Gasteiger partial charge >= 0.3 is 0 Å². The Kier molecular flexibility index (Phi) is 7.41. The lowest BCUT2D eigenvalue weighted by Gasteiger charge is -2.10. The van der Waals surface area contributed by atoms with Gasteiger partial charge in [0, 0.05) is 39.2 Å². The second kappa shape index (κ2) is 12.6. The molecular formula is C45H29N5. The Labute approximate surface area is 289 Å². The fourth-order valence-electron chi connectivity index (χ4n) is 6.29. The Balaban J connectivity index is 1.04. The van der Waals surface area contributed by atoms with Gasteiger partial charge in [0.05, 0.1) is 39.5 Å². The van der Waals surface area contributed by atoms with Crippen molar-refractivity contribution in [3.05, 3.63) is 176 Å². The Hall–Kier alpha value is -6.85. The Bertz CT molecular complexity index is 2560. The van der Waals surface area contributed by atoms with E-state index in [1.54, 1.807) is 6.20 Å². The minimum atomic E-state index is 0.703. The van der Waals surface area contributed by atoms with Crippen molar-refractivity contribution in [3.63, 3.8) is 0 Å². The number of fused-ring (bicyclic) bond motifs is 2. The van der Waals surface area contributed by atoms with Gasteiger partial charge in [-0.15, -0.1) is 0 Å². The quantitative estimate of drug-likeness (QED) is 0.181. The SMILES string of the molecule is c1ccc(-c2cc(-c3ccc(-c4ccc5ccc(-c6ccc7ccc(-c8ccccn8)nc7c6)cc5n4)cc3)nc(-c3ccccc3)n2)cc1. The van der Waals surface area contributed by atoms with Gasteiger partial charge in [0.2, 0.25) is 0 Å². The van der Waals surface area contributed by atoms with E-state index in [-0.39, 0.29) is 0 Å². The molecule has 4 aromatic heterocycles. The van der Waals surface area contributed by atoms with Crippen molar-refractivity contribution in [2.45, 2.75) is 0 Å². The van der Waals surface area contributed by atoms with E-state index in [2.05, 4.69) is 102 Å². The zero-order valence-corrected chi connectivity index (χ0v) is 27.0. The first-order valence-electron chi connectivity index (χ1n) is 16.6. The van der Waals surface area contributed by atoms with E-state index < -0.39 is 0 Å². The standard InChI is InChI=1S/C45H29N5/c1-3-9-30(10-4-1)43-29-44(50-45(49-43)35-11-5-2-6-12-35)32-16-14-31(15-17-32)38-24-22-33-18-20-36(27-41(33)47-38)37-21-19-34-23-25-40(48-42(34)28-37)39-13-7-8-26-46-39/h1-29H. The summed E-state index contributed by atoms with van der Waals surface area (Å²) < 4.78 is 0. The van der Waals surface area contributed by atoms with Crippen LogP contribution in [0.3, 0.4) is 0 Å². The van der Waals surface area contributed by atoms with Crippen molar-refractivity contribution in [3.8, 4) is 67.7 Å². The van der Waals surface area contributed by atoms with E-state index in [4.69, 9.17) is 19.9 Å². The monoisotopic (exact) mass is 639 g/mol. The molecule has 0 aliphatic rings. The van der Waals surface area contributed by atoms with Crippen LogP contribution in [0.4, 0.5) is 0 Å². The van der Waals surface area contributed by atoms with E-state index in [0.29, 0.717) is 5.82 Å². The van der Waals surface area contributed by atoms with Crippen LogP contribution in [0.25, 0.3) is 89.5 Å². The molecule has 5 nitrogen and oxygen atoms in total. The van der Waals surface area contributed by atoms with Crippen molar-refractivity contribution in [2.75, 3.05) is 0 Å². The van der Waals surface area contributed by atoms with E-state index in [0.717, 1.165) is 83.7 Å². The van der Waals surface area contributed by atoms with Crippen LogP contribution in [-0.2, 0) is 0 Å². The topological polar surface area (TPSA) is 64.5 Å².